The zero-order valence-electron chi connectivity index (χ0n) is 8.98. The molecule has 1 rings (SSSR count). The van der Waals surface area contributed by atoms with Crippen LogP contribution in [0, 0.1) is 6.92 Å². The summed E-state index contributed by atoms with van der Waals surface area (Å²) in [6, 6.07) is 3.50. The van der Waals surface area contributed by atoms with Gasteiger partial charge in [-0.15, -0.1) is 11.3 Å². The molecule has 0 aliphatic heterocycles. The largest absolute Gasteiger partial charge is 0.292 e. The predicted octanol–water partition coefficient (Wildman–Crippen LogP) is 2.06. The van der Waals surface area contributed by atoms with Gasteiger partial charge in [-0.25, -0.2) is 8.42 Å². The summed E-state index contributed by atoms with van der Waals surface area (Å²) >= 11 is 1.33. The monoisotopic (exact) mass is 246 g/mol. The number of hydrogen-bond acceptors (Lipinski definition) is 4. The van der Waals surface area contributed by atoms with E-state index in [0.29, 0.717) is 4.88 Å². The van der Waals surface area contributed by atoms with Crippen molar-refractivity contribution in [2.24, 2.45) is 0 Å². The SMILES string of the molecule is Cc1ccc(C(=O)CS(=O)(=O)C(C)C)s1. The highest BCUT2D eigenvalue weighted by Crippen LogP contribution is 2.17. The minimum Gasteiger partial charge on any atom is -0.292 e. The van der Waals surface area contributed by atoms with Gasteiger partial charge in [0, 0.05) is 4.88 Å². The van der Waals surface area contributed by atoms with Crippen LogP contribution in [0.4, 0.5) is 0 Å². The molecule has 0 spiro atoms. The average molecular weight is 246 g/mol. The van der Waals surface area contributed by atoms with E-state index in [1.54, 1.807) is 19.9 Å². The molecule has 0 saturated heterocycles. The van der Waals surface area contributed by atoms with Crippen LogP contribution >= 0.6 is 11.3 Å². The van der Waals surface area contributed by atoms with Crippen LogP contribution in [0.1, 0.15) is 28.4 Å². The maximum atomic E-state index is 11.6. The molecule has 5 heteroatoms. The normalized spacial score (nSPS) is 12.0. The molecule has 84 valence electrons. The van der Waals surface area contributed by atoms with E-state index < -0.39 is 15.1 Å². The zero-order chi connectivity index (χ0) is 11.6. The number of hydrogen-bond donors (Lipinski definition) is 0. The number of carbonyl (C=O) groups excluding carboxylic acids is 1. The van der Waals surface area contributed by atoms with Gasteiger partial charge in [-0.2, -0.15) is 0 Å². The summed E-state index contributed by atoms with van der Waals surface area (Å²) < 4.78 is 23.0. The van der Waals surface area contributed by atoms with E-state index >= 15 is 0 Å². The summed E-state index contributed by atoms with van der Waals surface area (Å²) in [7, 11) is -3.28. The van der Waals surface area contributed by atoms with Gasteiger partial charge in [0.15, 0.2) is 15.6 Å². The second-order valence-electron chi connectivity index (χ2n) is 3.69. The Balaban J connectivity index is 2.81. The maximum absolute atomic E-state index is 11.6. The van der Waals surface area contributed by atoms with E-state index in [2.05, 4.69) is 0 Å². The number of Topliss-reactive ketones (excluding diaryl/α,β-unsaturated/α-hetero) is 1. The number of sulfone groups is 1. The van der Waals surface area contributed by atoms with Crippen molar-refractivity contribution in [3.8, 4) is 0 Å². The third kappa shape index (κ3) is 3.14. The van der Waals surface area contributed by atoms with Gasteiger partial charge >= 0.3 is 0 Å². The Labute approximate surface area is 94.0 Å². The summed E-state index contributed by atoms with van der Waals surface area (Å²) in [6.45, 7) is 5.06. The lowest BCUT2D eigenvalue weighted by atomic mass is 10.3. The first kappa shape index (κ1) is 12.4. The molecule has 0 aliphatic carbocycles. The van der Waals surface area contributed by atoms with Crippen molar-refractivity contribution in [3.05, 3.63) is 21.9 Å². The van der Waals surface area contributed by atoms with E-state index in [4.69, 9.17) is 0 Å². The van der Waals surface area contributed by atoms with Crippen LogP contribution in [0.25, 0.3) is 0 Å². The smallest absolute Gasteiger partial charge is 0.187 e. The minimum absolute atomic E-state index is 0.304. The van der Waals surface area contributed by atoms with Crippen LogP contribution in [0.15, 0.2) is 12.1 Å². The first-order valence-corrected chi connectivity index (χ1v) is 7.17. The summed E-state index contributed by atoms with van der Waals surface area (Å²) in [5.74, 6) is -0.688. The van der Waals surface area contributed by atoms with E-state index in [0.717, 1.165) is 4.88 Å². The third-order valence-electron chi connectivity index (χ3n) is 2.07. The van der Waals surface area contributed by atoms with E-state index in [1.807, 2.05) is 13.0 Å². The highest BCUT2D eigenvalue weighted by Gasteiger charge is 2.22. The van der Waals surface area contributed by atoms with Crippen LogP contribution < -0.4 is 0 Å². The molecule has 0 aromatic carbocycles. The maximum Gasteiger partial charge on any atom is 0.187 e. The molecular weight excluding hydrogens is 232 g/mol. The van der Waals surface area contributed by atoms with E-state index in [-0.39, 0.29) is 11.5 Å². The van der Waals surface area contributed by atoms with E-state index in [1.165, 1.54) is 11.3 Å². The molecule has 15 heavy (non-hydrogen) atoms. The number of rotatable bonds is 4. The lowest BCUT2D eigenvalue weighted by molar-refractivity contribution is 0.102. The highest BCUT2D eigenvalue weighted by molar-refractivity contribution is 7.92. The summed E-state index contributed by atoms with van der Waals surface area (Å²) in [5, 5.41) is -0.498. The van der Waals surface area contributed by atoms with Crippen LogP contribution in [0.2, 0.25) is 0 Å². The molecule has 0 N–H and O–H groups in total. The predicted molar refractivity (Wildman–Crippen MR) is 62.3 cm³/mol. The van der Waals surface area contributed by atoms with Crippen molar-refractivity contribution in [2.45, 2.75) is 26.0 Å². The number of aryl methyl sites for hydroxylation is 1. The Morgan fingerprint density at radius 2 is 2.00 bits per heavy atom. The quantitative estimate of drug-likeness (QED) is 0.764. The fourth-order valence-electron chi connectivity index (χ4n) is 1.00. The average Bonchev–Trinajstić information content (AvgIpc) is 2.50. The Hall–Kier alpha value is -0.680. The van der Waals surface area contributed by atoms with Gasteiger partial charge in [0.25, 0.3) is 0 Å². The van der Waals surface area contributed by atoms with Gasteiger partial charge < -0.3 is 0 Å². The fraction of sp³-hybridized carbons (Fsp3) is 0.500. The molecule has 0 amide bonds. The Morgan fingerprint density at radius 1 is 1.40 bits per heavy atom. The molecule has 1 aromatic heterocycles. The van der Waals surface area contributed by atoms with Crippen molar-refractivity contribution in [2.75, 3.05) is 5.75 Å². The van der Waals surface area contributed by atoms with Crippen molar-refractivity contribution in [1.82, 2.24) is 0 Å². The first-order chi connectivity index (χ1) is 6.83. The summed E-state index contributed by atoms with van der Waals surface area (Å²) in [5.41, 5.74) is 0. The Kier molecular flexibility index (Phi) is 3.67. The van der Waals surface area contributed by atoms with Gasteiger partial charge in [-0.1, -0.05) is 0 Å². The Morgan fingerprint density at radius 3 is 2.40 bits per heavy atom. The molecule has 0 fully saturated rings. The van der Waals surface area contributed by atoms with Crippen LogP contribution in [-0.2, 0) is 9.84 Å². The zero-order valence-corrected chi connectivity index (χ0v) is 10.6. The molecular formula is C10H14O3S2. The van der Waals surface area contributed by atoms with Crippen molar-refractivity contribution in [1.29, 1.82) is 0 Å². The molecule has 3 nitrogen and oxygen atoms in total. The molecule has 0 bridgehead atoms. The highest BCUT2D eigenvalue weighted by atomic mass is 32.2. The van der Waals surface area contributed by atoms with Crippen LogP contribution in [-0.4, -0.2) is 25.2 Å². The summed E-state index contributed by atoms with van der Waals surface area (Å²) in [4.78, 5) is 13.1. The number of carbonyl (C=O) groups is 1. The molecule has 0 atom stereocenters. The first-order valence-electron chi connectivity index (χ1n) is 4.64. The van der Waals surface area contributed by atoms with E-state index in [9.17, 15) is 13.2 Å². The molecule has 1 aromatic rings. The number of thiophene rings is 1. The second kappa shape index (κ2) is 4.45. The molecule has 0 saturated carbocycles. The van der Waals surface area contributed by atoms with Crippen LogP contribution in [0.3, 0.4) is 0 Å². The van der Waals surface area contributed by atoms with Crippen molar-refractivity contribution in [3.63, 3.8) is 0 Å². The lowest BCUT2D eigenvalue weighted by Gasteiger charge is -2.05. The number of ketones is 1. The molecule has 0 unspecified atom stereocenters. The third-order valence-corrected chi connectivity index (χ3v) is 5.21. The van der Waals surface area contributed by atoms with Crippen LogP contribution in [0.5, 0.6) is 0 Å². The fourth-order valence-corrected chi connectivity index (χ4v) is 2.76. The lowest BCUT2D eigenvalue weighted by Crippen LogP contribution is -2.23. The van der Waals surface area contributed by atoms with Gasteiger partial charge in [0.2, 0.25) is 0 Å². The van der Waals surface area contributed by atoms with Crippen molar-refractivity contribution >= 4 is 27.0 Å². The topological polar surface area (TPSA) is 51.2 Å². The molecule has 0 aliphatic rings. The van der Waals surface area contributed by atoms with Gasteiger partial charge in [0.05, 0.1) is 10.1 Å². The molecule has 0 radical (unpaired) electrons. The standard InChI is InChI=1S/C10H14O3S2/c1-7(2)15(12,13)6-9(11)10-5-4-8(3)14-10/h4-5,7H,6H2,1-3H3. The van der Waals surface area contributed by atoms with Gasteiger partial charge in [0.1, 0.15) is 5.75 Å². The second-order valence-corrected chi connectivity index (χ2v) is 7.53. The van der Waals surface area contributed by atoms with Gasteiger partial charge in [-0.05, 0) is 32.9 Å². The Bertz CT molecular complexity index is 455. The molecule has 1 heterocycles. The summed E-state index contributed by atoms with van der Waals surface area (Å²) in [6.07, 6.45) is 0. The van der Waals surface area contributed by atoms with Crippen molar-refractivity contribution < 1.29 is 13.2 Å². The van der Waals surface area contributed by atoms with Gasteiger partial charge in [-0.3, -0.25) is 4.79 Å². The minimum atomic E-state index is -3.28.